The van der Waals surface area contributed by atoms with Gasteiger partial charge in [0.2, 0.25) is 5.91 Å². The zero-order valence-electron chi connectivity index (χ0n) is 9.36. The minimum absolute atomic E-state index is 0.0117. The van der Waals surface area contributed by atoms with Gasteiger partial charge in [0.25, 0.3) is 0 Å². The summed E-state index contributed by atoms with van der Waals surface area (Å²) < 4.78 is 5.01. The van der Waals surface area contributed by atoms with Crippen molar-refractivity contribution in [2.24, 2.45) is 5.73 Å². The van der Waals surface area contributed by atoms with E-state index in [2.05, 4.69) is 17.2 Å². The van der Waals surface area contributed by atoms with Gasteiger partial charge < -0.3 is 15.8 Å². The van der Waals surface area contributed by atoms with Crippen LogP contribution in [0.15, 0.2) is 6.20 Å². The Morgan fingerprint density at radius 1 is 1.69 bits per heavy atom. The molecule has 1 amide bonds. The van der Waals surface area contributed by atoms with Gasteiger partial charge in [-0.2, -0.15) is 0 Å². The molecule has 0 aromatic carbocycles. The number of rotatable bonds is 8. The van der Waals surface area contributed by atoms with Gasteiger partial charge in [-0.3, -0.25) is 4.79 Å². The number of ether oxygens (including phenoxy) is 1. The summed E-state index contributed by atoms with van der Waals surface area (Å²) in [6.45, 7) is 4.06. The first-order valence-corrected chi connectivity index (χ1v) is 6.04. The van der Waals surface area contributed by atoms with Crippen LogP contribution in [-0.4, -0.2) is 30.6 Å². The molecule has 0 saturated carbocycles. The Labute approximate surface area is 99.0 Å². The van der Waals surface area contributed by atoms with Crippen molar-refractivity contribution < 1.29 is 9.53 Å². The van der Waals surface area contributed by atoms with Crippen LogP contribution < -0.4 is 11.1 Å². The fraction of sp³-hybridized carbons (Fsp3) is 0.600. The molecule has 0 fully saturated rings. The predicted octanol–water partition coefficient (Wildman–Crippen LogP) is 0.297. The zero-order chi connectivity index (χ0) is 11.8. The van der Waals surface area contributed by atoms with Gasteiger partial charge in [0, 0.05) is 24.2 Å². The summed E-state index contributed by atoms with van der Waals surface area (Å²) in [5.41, 5.74) is 4.93. The molecule has 0 saturated heterocycles. The number of hydrogen-bond donors (Lipinski definition) is 2. The van der Waals surface area contributed by atoms with Crippen LogP contribution in [0.2, 0.25) is 0 Å². The molecule has 0 aliphatic heterocycles. The molecule has 0 unspecified atom stereocenters. The van der Waals surface area contributed by atoms with E-state index in [9.17, 15) is 4.79 Å². The van der Waals surface area contributed by atoms with Crippen molar-refractivity contribution in [3.63, 3.8) is 0 Å². The number of nitrogens with two attached hydrogens (primary N) is 1. The second-order valence-electron chi connectivity index (χ2n) is 3.27. The first kappa shape index (κ1) is 13.1. The topological polar surface area (TPSA) is 77.2 Å². The lowest BCUT2D eigenvalue weighted by molar-refractivity contribution is -0.122. The van der Waals surface area contributed by atoms with Crippen LogP contribution in [0.1, 0.15) is 16.8 Å². The van der Waals surface area contributed by atoms with Crippen molar-refractivity contribution in [2.45, 2.75) is 19.9 Å². The van der Waals surface area contributed by atoms with Crippen LogP contribution in [0, 0.1) is 0 Å². The van der Waals surface area contributed by atoms with Crippen LogP contribution in [0.5, 0.6) is 0 Å². The highest BCUT2D eigenvalue weighted by atomic mass is 32.1. The summed E-state index contributed by atoms with van der Waals surface area (Å²) in [4.78, 5) is 15.8. The standard InChI is InChI=1S/C10H17N3O2S/c1-2-10-13-6-8(16-10)5-12-3-4-15-7-9(11)14/h6,12H,2-5,7H2,1H3,(H2,11,14). The molecule has 5 nitrogen and oxygen atoms in total. The molecule has 0 spiro atoms. The van der Waals surface area contributed by atoms with Crippen LogP contribution in [-0.2, 0) is 22.5 Å². The number of aromatic nitrogens is 1. The van der Waals surface area contributed by atoms with Crippen molar-refractivity contribution in [3.8, 4) is 0 Å². The van der Waals surface area contributed by atoms with Gasteiger partial charge in [0.05, 0.1) is 11.6 Å². The van der Waals surface area contributed by atoms with E-state index < -0.39 is 5.91 Å². The third-order valence-corrected chi connectivity index (χ3v) is 3.01. The summed E-state index contributed by atoms with van der Waals surface area (Å²) in [6.07, 6.45) is 2.87. The highest BCUT2D eigenvalue weighted by molar-refractivity contribution is 7.11. The van der Waals surface area contributed by atoms with E-state index in [0.29, 0.717) is 13.2 Å². The molecule has 0 aliphatic rings. The Kier molecular flexibility index (Phi) is 5.99. The number of aryl methyl sites for hydroxylation is 1. The molecular formula is C10H17N3O2S. The quantitative estimate of drug-likeness (QED) is 0.644. The Bertz CT molecular complexity index is 328. The van der Waals surface area contributed by atoms with E-state index in [1.54, 1.807) is 11.3 Å². The third-order valence-electron chi connectivity index (χ3n) is 1.87. The lowest BCUT2D eigenvalue weighted by atomic mass is 10.5. The number of hydrogen-bond acceptors (Lipinski definition) is 5. The average Bonchev–Trinajstić information content (AvgIpc) is 2.70. The normalized spacial score (nSPS) is 10.6. The van der Waals surface area contributed by atoms with Crippen molar-refractivity contribution in [3.05, 3.63) is 16.1 Å². The van der Waals surface area contributed by atoms with Gasteiger partial charge in [-0.25, -0.2) is 4.98 Å². The zero-order valence-corrected chi connectivity index (χ0v) is 10.2. The number of primary amides is 1. The lowest BCUT2D eigenvalue weighted by Gasteiger charge is -2.02. The lowest BCUT2D eigenvalue weighted by Crippen LogP contribution is -2.23. The summed E-state index contributed by atoms with van der Waals surface area (Å²) in [5.74, 6) is -0.435. The second kappa shape index (κ2) is 7.32. The molecule has 1 aromatic rings. The number of nitrogens with zero attached hydrogens (tertiary/aromatic N) is 1. The maximum Gasteiger partial charge on any atom is 0.243 e. The van der Waals surface area contributed by atoms with Crippen LogP contribution in [0.3, 0.4) is 0 Å². The van der Waals surface area contributed by atoms with Gasteiger partial charge in [0.15, 0.2) is 0 Å². The fourth-order valence-electron chi connectivity index (χ4n) is 1.12. The van der Waals surface area contributed by atoms with Gasteiger partial charge in [-0.15, -0.1) is 11.3 Å². The highest BCUT2D eigenvalue weighted by Gasteiger charge is 1.99. The Morgan fingerprint density at radius 3 is 3.12 bits per heavy atom. The van der Waals surface area contributed by atoms with E-state index in [-0.39, 0.29) is 6.61 Å². The van der Waals surface area contributed by atoms with Gasteiger partial charge in [-0.05, 0) is 6.42 Å². The molecule has 1 rings (SSSR count). The first-order valence-electron chi connectivity index (χ1n) is 5.22. The Morgan fingerprint density at radius 2 is 2.50 bits per heavy atom. The van der Waals surface area contributed by atoms with Crippen molar-refractivity contribution >= 4 is 17.2 Å². The molecule has 0 radical (unpaired) electrons. The summed E-state index contributed by atoms with van der Waals surface area (Å²) >= 11 is 1.71. The van der Waals surface area contributed by atoms with Crippen molar-refractivity contribution in [1.82, 2.24) is 10.3 Å². The minimum atomic E-state index is -0.435. The van der Waals surface area contributed by atoms with Gasteiger partial charge in [0.1, 0.15) is 6.61 Å². The number of thiazole rings is 1. The molecule has 16 heavy (non-hydrogen) atoms. The Balaban J connectivity index is 2.04. The highest BCUT2D eigenvalue weighted by Crippen LogP contribution is 2.12. The number of carbonyl (C=O) groups is 1. The first-order chi connectivity index (χ1) is 7.72. The minimum Gasteiger partial charge on any atom is -0.370 e. The van der Waals surface area contributed by atoms with Crippen LogP contribution in [0.4, 0.5) is 0 Å². The largest absolute Gasteiger partial charge is 0.370 e. The molecule has 0 atom stereocenters. The molecule has 3 N–H and O–H groups in total. The molecule has 1 heterocycles. The van der Waals surface area contributed by atoms with Crippen LogP contribution in [0.25, 0.3) is 0 Å². The van der Waals surface area contributed by atoms with E-state index in [0.717, 1.165) is 18.0 Å². The van der Waals surface area contributed by atoms with Gasteiger partial charge >= 0.3 is 0 Å². The SMILES string of the molecule is CCc1ncc(CNCCOCC(N)=O)s1. The molecule has 6 heteroatoms. The second-order valence-corrected chi connectivity index (χ2v) is 4.47. The average molecular weight is 243 g/mol. The maximum absolute atomic E-state index is 10.4. The molecular weight excluding hydrogens is 226 g/mol. The molecule has 90 valence electrons. The van der Waals surface area contributed by atoms with E-state index >= 15 is 0 Å². The fourth-order valence-corrected chi connectivity index (χ4v) is 1.95. The summed E-state index contributed by atoms with van der Waals surface area (Å²) in [5, 5.41) is 4.36. The molecule has 1 aromatic heterocycles. The van der Waals surface area contributed by atoms with E-state index in [1.807, 2.05) is 6.20 Å². The summed E-state index contributed by atoms with van der Waals surface area (Å²) in [6, 6.07) is 0. The molecule has 0 bridgehead atoms. The number of carbonyl (C=O) groups excluding carboxylic acids is 1. The maximum atomic E-state index is 10.4. The Hall–Kier alpha value is -0.980. The van der Waals surface area contributed by atoms with Crippen LogP contribution >= 0.6 is 11.3 Å². The number of nitrogens with one attached hydrogen (secondary N) is 1. The third kappa shape index (κ3) is 5.20. The number of amides is 1. The monoisotopic (exact) mass is 243 g/mol. The van der Waals surface area contributed by atoms with E-state index in [1.165, 1.54) is 4.88 Å². The molecule has 0 aliphatic carbocycles. The van der Waals surface area contributed by atoms with Crippen molar-refractivity contribution in [2.75, 3.05) is 19.8 Å². The van der Waals surface area contributed by atoms with Gasteiger partial charge in [-0.1, -0.05) is 6.92 Å². The van der Waals surface area contributed by atoms with Crippen molar-refractivity contribution in [1.29, 1.82) is 0 Å². The van der Waals surface area contributed by atoms with E-state index in [4.69, 9.17) is 10.5 Å². The smallest absolute Gasteiger partial charge is 0.243 e. The predicted molar refractivity (Wildman–Crippen MR) is 63.2 cm³/mol. The summed E-state index contributed by atoms with van der Waals surface area (Å²) in [7, 11) is 0.